The van der Waals surface area contributed by atoms with E-state index in [1.165, 1.54) is 0 Å². The normalized spacial score (nSPS) is 23.6. The zero-order valence-corrected chi connectivity index (χ0v) is 14.7. The van der Waals surface area contributed by atoms with Crippen LogP contribution in [0.5, 0.6) is 11.5 Å². The predicted molar refractivity (Wildman–Crippen MR) is 92.0 cm³/mol. The van der Waals surface area contributed by atoms with E-state index in [2.05, 4.69) is 10.6 Å². The van der Waals surface area contributed by atoms with E-state index < -0.39 is 0 Å². The summed E-state index contributed by atoms with van der Waals surface area (Å²) in [5.74, 6) is 1.14. The van der Waals surface area contributed by atoms with Crippen molar-refractivity contribution in [1.82, 2.24) is 10.6 Å². The van der Waals surface area contributed by atoms with E-state index in [1.54, 1.807) is 6.07 Å². The molecular formula is C18H21ClN2O4. The van der Waals surface area contributed by atoms with E-state index >= 15 is 0 Å². The molecule has 134 valence electrons. The fraction of sp³-hybridized carbons (Fsp3) is 0.556. The Morgan fingerprint density at radius 3 is 2.88 bits per heavy atom. The van der Waals surface area contributed by atoms with Crippen LogP contribution in [-0.2, 0) is 16.0 Å². The highest BCUT2D eigenvalue weighted by Gasteiger charge is 2.48. The van der Waals surface area contributed by atoms with Crippen molar-refractivity contribution in [2.24, 2.45) is 0 Å². The van der Waals surface area contributed by atoms with Gasteiger partial charge in [0.2, 0.25) is 11.8 Å². The first-order chi connectivity index (χ1) is 12.1. The van der Waals surface area contributed by atoms with Gasteiger partial charge in [-0.3, -0.25) is 9.59 Å². The topological polar surface area (TPSA) is 76.7 Å². The van der Waals surface area contributed by atoms with E-state index in [9.17, 15) is 9.59 Å². The summed E-state index contributed by atoms with van der Waals surface area (Å²) in [4.78, 5) is 24.2. The van der Waals surface area contributed by atoms with E-state index in [-0.39, 0.29) is 29.8 Å². The zero-order chi connectivity index (χ0) is 17.4. The van der Waals surface area contributed by atoms with Crippen LogP contribution in [0.4, 0.5) is 0 Å². The highest BCUT2D eigenvalue weighted by atomic mass is 35.5. The number of halogens is 1. The first kappa shape index (κ1) is 16.5. The Labute approximate surface area is 151 Å². The average Bonchev–Trinajstić information content (AvgIpc) is 2.55. The number of hydrogen-bond donors (Lipinski definition) is 2. The van der Waals surface area contributed by atoms with Crippen LogP contribution in [-0.4, -0.2) is 36.6 Å². The van der Waals surface area contributed by atoms with Crippen molar-refractivity contribution in [3.63, 3.8) is 0 Å². The van der Waals surface area contributed by atoms with Gasteiger partial charge in [-0.05, 0) is 43.4 Å². The Kier molecular flexibility index (Phi) is 4.23. The molecule has 0 aromatic heterocycles. The van der Waals surface area contributed by atoms with Gasteiger partial charge >= 0.3 is 0 Å². The molecule has 3 aliphatic rings. The molecule has 1 saturated heterocycles. The minimum atomic E-state index is -0.241. The Bertz CT molecular complexity index is 717. The van der Waals surface area contributed by atoms with E-state index in [1.807, 2.05) is 6.07 Å². The highest BCUT2D eigenvalue weighted by molar-refractivity contribution is 6.32. The lowest BCUT2D eigenvalue weighted by molar-refractivity contribution is -0.131. The van der Waals surface area contributed by atoms with Crippen molar-refractivity contribution in [2.75, 3.05) is 13.2 Å². The summed E-state index contributed by atoms with van der Waals surface area (Å²) in [6, 6.07) is 3.55. The Morgan fingerprint density at radius 2 is 2.12 bits per heavy atom. The molecule has 2 amide bonds. The number of nitrogens with one attached hydrogen (secondary N) is 2. The fourth-order valence-electron chi connectivity index (χ4n) is 3.92. The lowest BCUT2D eigenvalue weighted by Crippen LogP contribution is -2.68. The van der Waals surface area contributed by atoms with Gasteiger partial charge in [0.05, 0.1) is 23.0 Å². The SMILES string of the molecule is O=C(Cc1cc(Cl)c2c(c1)OCCO2)NC1CCC(=O)NC12CCC2. The summed E-state index contributed by atoms with van der Waals surface area (Å²) in [5.41, 5.74) is 0.546. The van der Waals surface area contributed by atoms with Crippen LogP contribution in [0.1, 0.15) is 37.7 Å². The van der Waals surface area contributed by atoms with Gasteiger partial charge in [-0.25, -0.2) is 0 Å². The summed E-state index contributed by atoms with van der Waals surface area (Å²) in [7, 11) is 0. The molecule has 2 aliphatic heterocycles. The van der Waals surface area contributed by atoms with Crippen LogP contribution < -0.4 is 20.1 Å². The average molecular weight is 365 g/mol. The Hall–Kier alpha value is -1.95. The van der Waals surface area contributed by atoms with Gasteiger partial charge in [-0.2, -0.15) is 0 Å². The van der Waals surface area contributed by atoms with Gasteiger partial charge in [0.15, 0.2) is 11.5 Å². The molecule has 1 spiro atoms. The molecular weight excluding hydrogens is 344 g/mol. The van der Waals surface area contributed by atoms with Crippen molar-refractivity contribution in [1.29, 1.82) is 0 Å². The van der Waals surface area contributed by atoms with Crippen molar-refractivity contribution in [3.8, 4) is 11.5 Å². The second kappa shape index (κ2) is 6.41. The first-order valence-corrected chi connectivity index (χ1v) is 9.12. The molecule has 2 N–H and O–H groups in total. The lowest BCUT2D eigenvalue weighted by atomic mass is 9.68. The van der Waals surface area contributed by atoms with Gasteiger partial charge in [0.1, 0.15) is 13.2 Å². The van der Waals surface area contributed by atoms with Crippen molar-refractivity contribution in [3.05, 3.63) is 22.7 Å². The fourth-order valence-corrected chi connectivity index (χ4v) is 4.21. The maximum atomic E-state index is 12.5. The number of piperidine rings is 1. The zero-order valence-electron chi connectivity index (χ0n) is 13.9. The molecule has 0 radical (unpaired) electrons. The number of fused-ring (bicyclic) bond motifs is 1. The molecule has 2 heterocycles. The van der Waals surface area contributed by atoms with E-state index in [0.29, 0.717) is 42.6 Å². The predicted octanol–water partition coefficient (Wildman–Crippen LogP) is 1.97. The van der Waals surface area contributed by atoms with E-state index in [4.69, 9.17) is 21.1 Å². The number of benzene rings is 1. The summed E-state index contributed by atoms with van der Waals surface area (Å²) in [6.45, 7) is 0.950. The molecule has 1 unspecified atom stereocenters. The monoisotopic (exact) mass is 364 g/mol. The lowest BCUT2D eigenvalue weighted by Gasteiger charge is -2.51. The highest BCUT2D eigenvalue weighted by Crippen LogP contribution is 2.40. The molecule has 1 aromatic carbocycles. The molecule has 7 heteroatoms. The van der Waals surface area contributed by atoms with Gasteiger partial charge in [-0.1, -0.05) is 11.6 Å². The van der Waals surface area contributed by atoms with Crippen LogP contribution in [0.2, 0.25) is 5.02 Å². The molecule has 1 atom stereocenters. The number of ether oxygens (including phenoxy) is 2. The summed E-state index contributed by atoms with van der Waals surface area (Å²) < 4.78 is 11.1. The number of rotatable bonds is 3. The van der Waals surface area contributed by atoms with Crippen molar-refractivity contribution < 1.29 is 19.1 Å². The third-order valence-corrected chi connectivity index (χ3v) is 5.60. The number of carbonyl (C=O) groups excluding carboxylic acids is 2. The van der Waals surface area contributed by atoms with Crippen LogP contribution in [0.3, 0.4) is 0 Å². The summed E-state index contributed by atoms with van der Waals surface area (Å²) in [5, 5.41) is 6.66. The van der Waals surface area contributed by atoms with E-state index in [0.717, 1.165) is 24.8 Å². The largest absolute Gasteiger partial charge is 0.486 e. The van der Waals surface area contributed by atoms with Crippen molar-refractivity contribution in [2.45, 2.75) is 50.1 Å². The Morgan fingerprint density at radius 1 is 1.32 bits per heavy atom. The summed E-state index contributed by atoms with van der Waals surface area (Å²) >= 11 is 6.23. The molecule has 6 nitrogen and oxygen atoms in total. The molecule has 25 heavy (non-hydrogen) atoms. The Balaban J connectivity index is 1.44. The number of amides is 2. The maximum absolute atomic E-state index is 12.5. The second-order valence-electron chi connectivity index (χ2n) is 7.00. The molecule has 0 bridgehead atoms. The molecule has 1 saturated carbocycles. The van der Waals surface area contributed by atoms with Gasteiger partial charge in [0.25, 0.3) is 0 Å². The molecule has 2 fully saturated rings. The van der Waals surface area contributed by atoms with Crippen LogP contribution >= 0.6 is 11.6 Å². The van der Waals surface area contributed by atoms with Crippen LogP contribution in [0.25, 0.3) is 0 Å². The third kappa shape index (κ3) is 3.15. The van der Waals surface area contributed by atoms with Gasteiger partial charge in [-0.15, -0.1) is 0 Å². The van der Waals surface area contributed by atoms with Crippen molar-refractivity contribution >= 4 is 23.4 Å². The van der Waals surface area contributed by atoms with Gasteiger partial charge < -0.3 is 20.1 Å². The number of hydrogen-bond acceptors (Lipinski definition) is 4. The summed E-state index contributed by atoms with van der Waals surface area (Å²) in [6.07, 6.45) is 4.32. The standard InChI is InChI=1S/C18H21ClN2O4/c19-12-8-11(9-13-17(12)25-7-6-24-13)10-16(23)20-14-2-3-15(22)21-18(14)4-1-5-18/h8-9,14H,1-7,10H2,(H,20,23)(H,21,22). The van der Waals surface area contributed by atoms with Crippen LogP contribution in [0.15, 0.2) is 12.1 Å². The minimum Gasteiger partial charge on any atom is -0.486 e. The molecule has 1 aromatic rings. The van der Waals surface area contributed by atoms with Gasteiger partial charge in [0, 0.05) is 6.42 Å². The second-order valence-corrected chi connectivity index (χ2v) is 7.40. The smallest absolute Gasteiger partial charge is 0.224 e. The quantitative estimate of drug-likeness (QED) is 0.859. The molecule has 1 aliphatic carbocycles. The molecule has 4 rings (SSSR count). The maximum Gasteiger partial charge on any atom is 0.224 e. The first-order valence-electron chi connectivity index (χ1n) is 8.74. The minimum absolute atomic E-state index is 0.000803. The number of carbonyl (C=O) groups is 2. The third-order valence-electron chi connectivity index (χ3n) is 5.32. The van der Waals surface area contributed by atoms with Crippen LogP contribution in [0, 0.1) is 0 Å².